The van der Waals surface area contributed by atoms with Crippen molar-refractivity contribution in [2.45, 2.75) is 12.5 Å². The Bertz CT molecular complexity index is 356. The molecule has 0 aromatic heterocycles. The largest absolute Gasteiger partial charge is 0.480 e. The number of carbonyl (C=O) groups excluding carboxylic acids is 1. The van der Waals surface area contributed by atoms with Crippen LogP contribution in [0.2, 0.25) is 1.41 Å². The lowest BCUT2D eigenvalue weighted by atomic mass is 10.1. The van der Waals surface area contributed by atoms with Crippen LogP contribution in [0.3, 0.4) is 0 Å². The van der Waals surface area contributed by atoms with E-state index < -0.39 is 18.6 Å². The third-order valence-corrected chi connectivity index (χ3v) is 1.91. The van der Waals surface area contributed by atoms with Crippen LogP contribution in [0.1, 0.15) is 5.56 Å². The minimum Gasteiger partial charge on any atom is -0.480 e. The molecule has 0 radical (unpaired) electrons. The lowest BCUT2D eigenvalue weighted by Crippen LogP contribution is -2.36. The van der Waals surface area contributed by atoms with E-state index in [1.54, 1.807) is 0 Å². The summed E-state index contributed by atoms with van der Waals surface area (Å²) in [6, 6.07) is 8.48. The molecule has 1 aromatic rings. The topological polar surface area (TPSA) is 66.4 Å². The lowest BCUT2D eigenvalue weighted by Gasteiger charge is -2.10. The number of carbonyl (C=O) groups is 2. The molecule has 4 nitrogen and oxygen atoms in total. The number of hydrogen-bond acceptors (Lipinski definition) is 3. The van der Waals surface area contributed by atoms with Gasteiger partial charge in [0.2, 0.25) is 0 Å². The van der Waals surface area contributed by atoms with Gasteiger partial charge in [0.05, 0.1) is 12.6 Å². The zero-order valence-corrected chi connectivity index (χ0v) is 8.17. The number of rotatable bonds is 6. The number of aliphatic carboxylic acids is 1. The van der Waals surface area contributed by atoms with Gasteiger partial charge >= 0.3 is 5.97 Å². The Morgan fingerprint density at radius 3 is 2.73 bits per heavy atom. The van der Waals surface area contributed by atoms with Crippen molar-refractivity contribution in [2.24, 2.45) is 0 Å². The maximum absolute atomic E-state index is 10.8. The average molecular weight is 208 g/mol. The van der Waals surface area contributed by atoms with Crippen molar-refractivity contribution in [3.05, 3.63) is 35.9 Å². The van der Waals surface area contributed by atoms with Gasteiger partial charge in [-0.25, -0.2) is 0 Å². The Labute approximate surface area is 89.4 Å². The summed E-state index contributed by atoms with van der Waals surface area (Å²) in [5.74, 6) is -1.12. The molecule has 0 saturated heterocycles. The molecule has 0 saturated carbocycles. The molecular weight excluding hydrogens is 194 g/mol. The Hall–Kier alpha value is -1.68. The van der Waals surface area contributed by atoms with Gasteiger partial charge in [0.15, 0.2) is 0 Å². The molecule has 0 aliphatic carbocycles. The van der Waals surface area contributed by atoms with Crippen molar-refractivity contribution < 1.29 is 16.1 Å². The molecule has 0 aliphatic rings. The molecule has 15 heavy (non-hydrogen) atoms. The highest BCUT2D eigenvalue weighted by atomic mass is 16.4. The first-order valence-corrected chi connectivity index (χ1v) is 4.60. The van der Waals surface area contributed by atoms with Crippen molar-refractivity contribution in [3.63, 3.8) is 0 Å². The van der Waals surface area contributed by atoms with E-state index in [0.717, 1.165) is 10.9 Å². The molecule has 0 unspecified atom stereocenters. The van der Waals surface area contributed by atoms with Crippen LogP contribution < -0.4 is 5.31 Å². The molecule has 0 bridgehead atoms. The van der Waals surface area contributed by atoms with Crippen LogP contribution in [0.25, 0.3) is 0 Å². The van der Waals surface area contributed by atoms with Gasteiger partial charge in [-0.2, -0.15) is 0 Å². The zero-order valence-electron chi connectivity index (χ0n) is 9.17. The molecular formula is C11H13NO3. The Morgan fingerprint density at radius 1 is 1.53 bits per heavy atom. The molecule has 0 spiro atoms. The average Bonchev–Trinajstić information content (AvgIpc) is 2.26. The first-order valence-electron chi connectivity index (χ1n) is 5.04. The van der Waals surface area contributed by atoms with Crippen molar-refractivity contribution in [1.29, 1.82) is 0 Å². The van der Waals surface area contributed by atoms with Crippen LogP contribution >= 0.6 is 0 Å². The second kappa shape index (κ2) is 5.93. The van der Waals surface area contributed by atoms with Gasteiger partial charge in [-0.1, -0.05) is 30.3 Å². The van der Waals surface area contributed by atoms with E-state index in [1.807, 2.05) is 30.3 Å². The Morgan fingerprint density at radius 2 is 2.20 bits per heavy atom. The summed E-state index contributed by atoms with van der Waals surface area (Å²) in [6.07, 6.45) is 0.948. The predicted molar refractivity (Wildman–Crippen MR) is 55.6 cm³/mol. The molecule has 2 N–H and O–H groups in total. The first-order chi connectivity index (χ1) is 7.63. The highest BCUT2D eigenvalue weighted by molar-refractivity contribution is 5.70. The van der Waals surface area contributed by atoms with E-state index in [1.165, 1.54) is 0 Å². The number of nitrogens with one attached hydrogen (secondary N) is 1. The molecule has 0 aliphatic heterocycles. The maximum Gasteiger partial charge on any atom is 0.317 e. The van der Waals surface area contributed by atoms with Gasteiger partial charge < -0.3 is 9.90 Å². The van der Waals surface area contributed by atoms with E-state index in [2.05, 4.69) is 0 Å². The summed E-state index contributed by atoms with van der Waals surface area (Å²) in [7, 11) is 0. The second-order valence-corrected chi connectivity index (χ2v) is 3.13. The quantitative estimate of drug-likeness (QED) is 0.667. The Kier molecular flexibility index (Phi) is 3.90. The van der Waals surface area contributed by atoms with Gasteiger partial charge in [-0.3, -0.25) is 10.1 Å². The molecule has 0 heterocycles. The van der Waals surface area contributed by atoms with Crippen molar-refractivity contribution in [1.82, 2.24) is 5.31 Å². The van der Waals surface area contributed by atoms with Crippen LogP contribution in [-0.4, -0.2) is 29.9 Å². The van der Waals surface area contributed by atoms with E-state index >= 15 is 0 Å². The molecule has 80 valence electrons. The van der Waals surface area contributed by atoms with Gasteiger partial charge in [-0.15, -0.1) is 0 Å². The van der Waals surface area contributed by atoms with Gasteiger partial charge in [0.25, 0.3) is 0 Å². The second-order valence-electron chi connectivity index (χ2n) is 3.13. The molecule has 1 atom stereocenters. The standard InChI is InChI=1S/C11H13NO3/c13-8-10(12-7-11(14)15)6-9-4-2-1-3-5-9/h1-5,8,10,12H,6-7H2,(H,14,15)/t10-/m0/s1/i/hD. The SMILES string of the molecule is [2H]N(CC(=O)O)[C@H](C=O)Cc1ccccc1. The summed E-state index contributed by atoms with van der Waals surface area (Å²) < 4.78 is 7.43. The predicted octanol–water partition coefficient (Wildman–Crippen LogP) is 0.471. The van der Waals surface area contributed by atoms with E-state index in [-0.39, 0.29) is 0 Å². The summed E-state index contributed by atoms with van der Waals surface area (Å²) in [6.45, 7) is -0.462. The summed E-state index contributed by atoms with van der Waals surface area (Å²) in [5, 5.41) is 9.30. The van der Waals surface area contributed by atoms with E-state index in [0.29, 0.717) is 12.7 Å². The highest BCUT2D eigenvalue weighted by Gasteiger charge is 2.08. The van der Waals surface area contributed by atoms with Crippen molar-refractivity contribution in [3.8, 4) is 0 Å². The molecule has 0 fully saturated rings. The Balaban J connectivity index is 2.62. The number of aldehydes is 1. The molecule has 4 heteroatoms. The van der Waals surface area contributed by atoms with Crippen LogP contribution in [0.15, 0.2) is 30.3 Å². The summed E-state index contributed by atoms with van der Waals surface area (Å²) in [5.41, 5.74) is 0.905. The third kappa shape index (κ3) is 4.37. The third-order valence-electron chi connectivity index (χ3n) is 1.91. The maximum atomic E-state index is 10.8. The van der Waals surface area contributed by atoms with E-state index in [4.69, 9.17) is 6.52 Å². The zero-order chi connectivity index (χ0) is 12.0. The monoisotopic (exact) mass is 208 g/mol. The van der Waals surface area contributed by atoms with Crippen LogP contribution in [-0.2, 0) is 16.0 Å². The fourth-order valence-electron chi connectivity index (χ4n) is 1.21. The van der Waals surface area contributed by atoms with Crippen molar-refractivity contribution in [2.75, 3.05) is 6.54 Å². The number of carboxylic acids is 1. The van der Waals surface area contributed by atoms with Gasteiger partial charge in [0.1, 0.15) is 7.70 Å². The van der Waals surface area contributed by atoms with Crippen molar-refractivity contribution >= 4 is 12.3 Å². The fraction of sp³-hybridized carbons (Fsp3) is 0.273. The smallest absolute Gasteiger partial charge is 0.317 e. The fourth-order valence-corrected chi connectivity index (χ4v) is 1.21. The highest BCUT2D eigenvalue weighted by Crippen LogP contribution is 2.01. The van der Waals surface area contributed by atoms with Gasteiger partial charge in [0, 0.05) is 0 Å². The van der Waals surface area contributed by atoms with Crippen LogP contribution in [0.4, 0.5) is 0 Å². The number of benzene rings is 1. The first kappa shape index (κ1) is 9.86. The number of hydrogen-bond donors (Lipinski definition) is 2. The molecule has 1 rings (SSSR count). The minimum absolute atomic E-state index is 0.348. The lowest BCUT2D eigenvalue weighted by molar-refractivity contribution is -0.136. The van der Waals surface area contributed by atoms with Crippen LogP contribution in [0, 0.1) is 0 Å². The summed E-state index contributed by atoms with van der Waals surface area (Å²) in [4.78, 5) is 21.2. The summed E-state index contributed by atoms with van der Waals surface area (Å²) >= 11 is 0. The minimum atomic E-state index is -1.12. The normalized spacial score (nSPS) is 13.3. The van der Waals surface area contributed by atoms with Crippen LogP contribution in [0.5, 0.6) is 0 Å². The molecule has 1 aromatic carbocycles. The van der Waals surface area contributed by atoms with E-state index in [9.17, 15) is 9.59 Å². The van der Waals surface area contributed by atoms with Gasteiger partial charge in [-0.05, 0) is 12.0 Å². The molecule has 0 amide bonds. The number of carboxylic acid groups (broad SMARTS) is 1.